The highest BCUT2D eigenvalue weighted by molar-refractivity contribution is 6.53. The molecule has 0 aliphatic carbocycles. The summed E-state index contributed by atoms with van der Waals surface area (Å²) < 4.78 is 0. The van der Waals surface area contributed by atoms with E-state index in [0.717, 1.165) is 24.3 Å². The molecule has 0 aromatic heterocycles. The van der Waals surface area contributed by atoms with Crippen LogP contribution in [-0.4, -0.2) is 27.3 Å². The van der Waals surface area contributed by atoms with E-state index in [9.17, 15) is 4.79 Å². The Kier molecular flexibility index (Phi) is 2.44. The number of hydrogen-bond acceptors (Lipinski definition) is 4. The van der Waals surface area contributed by atoms with Crippen LogP contribution in [0.3, 0.4) is 0 Å². The van der Waals surface area contributed by atoms with Gasteiger partial charge in [-0.1, -0.05) is 17.3 Å². The number of carbonyl (C=O) groups excluding carboxylic acids is 1. The van der Waals surface area contributed by atoms with Gasteiger partial charge >= 0.3 is 0 Å². The van der Waals surface area contributed by atoms with Gasteiger partial charge in [0.2, 0.25) is 0 Å². The summed E-state index contributed by atoms with van der Waals surface area (Å²) in [4.78, 5) is 14.1. The van der Waals surface area contributed by atoms with Crippen molar-refractivity contribution in [1.82, 2.24) is 4.90 Å². The highest BCUT2D eigenvalue weighted by Gasteiger charge is 2.35. The van der Waals surface area contributed by atoms with E-state index in [1.807, 2.05) is 12.1 Å². The monoisotopic (exact) mass is 259 g/mol. The molecule has 3 rings (SSSR count). The molecule has 0 radical (unpaired) electrons. The molecule has 5 nitrogen and oxygen atoms in total. The van der Waals surface area contributed by atoms with Crippen LogP contribution in [0.15, 0.2) is 17.3 Å². The van der Waals surface area contributed by atoms with Crippen molar-refractivity contribution in [1.29, 1.82) is 0 Å². The minimum absolute atomic E-state index is 0.0857. The van der Waals surface area contributed by atoms with E-state index in [1.54, 1.807) is 0 Å². The number of hydrogen-bond donors (Lipinski definition) is 2. The molecular formula is C14H17N3O2. The van der Waals surface area contributed by atoms with Crippen molar-refractivity contribution in [2.45, 2.75) is 39.4 Å². The van der Waals surface area contributed by atoms with E-state index in [0.29, 0.717) is 5.56 Å². The molecule has 1 aromatic carbocycles. The zero-order valence-corrected chi connectivity index (χ0v) is 11.3. The van der Waals surface area contributed by atoms with Crippen molar-refractivity contribution < 1.29 is 10.0 Å². The van der Waals surface area contributed by atoms with E-state index >= 15 is 0 Å². The first kappa shape index (κ1) is 12.2. The Balaban J connectivity index is 2.06. The number of amides is 1. The van der Waals surface area contributed by atoms with Gasteiger partial charge in [-0.15, -0.1) is 0 Å². The first-order valence-corrected chi connectivity index (χ1v) is 6.35. The van der Waals surface area contributed by atoms with Gasteiger partial charge < -0.3 is 10.5 Å². The molecule has 0 bridgehead atoms. The van der Waals surface area contributed by atoms with Crippen LogP contribution in [0.5, 0.6) is 0 Å². The summed E-state index contributed by atoms with van der Waals surface area (Å²) in [5, 5.41) is 14.8. The van der Waals surface area contributed by atoms with E-state index in [1.165, 1.54) is 5.56 Å². The zero-order valence-electron chi connectivity index (χ0n) is 11.3. The van der Waals surface area contributed by atoms with Crippen LogP contribution in [0, 0.1) is 0 Å². The van der Waals surface area contributed by atoms with E-state index in [4.69, 9.17) is 5.21 Å². The average molecular weight is 259 g/mol. The summed E-state index contributed by atoms with van der Waals surface area (Å²) in [6.45, 7) is 8.23. The number of anilines is 1. The largest absolute Gasteiger partial charge is 0.410 e. The second kappa shape index (κ2) is 3.81. The SMILES string of the molecule is CC(C)(C)N1Cc2ccc3c(c2C1)NC(=O)/C3=N\O. The molecule has 2 aliphatic rings. The Morgan fingerprint density at radius 3 is 2.68 bits per heavy atom. The van der Waals surface area contributed by atoms with E-state index in [2.05, 4.69) is 36.1 Å². The lowest BCUT2D eigenvalue weighted by Crippen LogP contribution is -2.36. The number of benzene rings is 1. The quantitative estimate of drug-likeness (QED) is 0.552. The number of nitrogens with one attached hydrogen (secondary N) is 1. The summed E-state index contributed by atoms with van der Waals surface area (Å²) in [5.41, 5.74) is 4.06. The number of fused-ring (bicyclic) bond motifs is 3. The van der Waals surface area contributed by atoms with Gasteiger partial charge in [0.15, 0.2) is 5.71 Å². The molecular weight excluding hydrogens is 242 g/mol. The fourth-order valence-corrected chi connectivity index (χ4v) is 2.68. The normalized spacial score (nSPS) is 20.6. The molecule has 5 heteroatoms. The summed E-state index contributed by atoms with van der Waals surface area (Å²) in [6.07, 6.45) is 0. The lowest BCUT2D eigenvalue weighted by Gasteiger charge is -2.31. The topological polar surface area (TPSA) is 64.9 Å². The van der Waals surface area contributed by atoms with Crippen molar-refractivity contribution >= 4 is 17.3 Å². The maximum atomic E-state index is 11.7. The smallest absolute Gasteiger partial charge is 0.278 e. The minimum Gasteiger partial charge on any atom is -0.410 e. The number of nitrogens with zero attached hydrogens (tertiary/aromatic N) is 2. The van der Waals surface area contributed by atoms with Crippen molar-refractivity contribution in [3.63, 3.8) is 0 Å². The van der Waals surface area contributed by atoms with Crippen LogP contribution in [0.2, 0.25) is 0 Å². The third kappa shape index (κ3) is 1.73. The molecule has 0 saturated carbocycles. The molecule has 1 amide bonds. The van der Waals surface area contributed by atoms with E-state index < -0.39 is 0 Å². The summed E-state index contributed by atoms with van der Waals surface area (Å²) in [5.74, 6) is -0.333. The summed E-state index contributed by atoms with van der Waals surface area (Å²) in [7, 11) is 0. The van der Waals surface area contributed by atoms with Gasteiger partial charge in [-0.3, -0.25) is 9.69 Å². The van der Waals surface area contributed by atoms with Crippen LogP contribution in [-0.2, 0) is 17.9 Å². The van der Waals surface area contributed by atoms with Gasteiger partial charge in [0.1, 0.15) is 0 Å². The molecule has 2 aliphatic heterocycles. The lowest BCUT2D eigenvalue weighted by molar-refractivity contribution is -0.110. The third-order valence-electron chi connectivity index (χ3n) is 3.88. The molecule has 0 fully saturated rings. The maximum Gasteiger partial charge on any atom is 0.278 e. The first-order chi connectivity index (χ1) is 8.91. The van der Waals surface area contributed by atoms with Crippen molar-refractivity contribution in [3.05, 3.63) is 28.8 Å². The number of oxime groups is 1. The Morgan fingerprint density at radius 2 is 2.05 bits per heavy atom. The van der Waals surface area contributed by atoms with Crippen molar-refractivity contribution in [2.75, 3.05) is 5.32 Å². The number of rotatable bonds is 0. The molecule has 2 N–H and O–H groups in total. The van der Waals surface area contributed by atoms with Crippen molar-refractivity contribution in [3.8, 4) is 0 Å². The number of carbonyl (C=O) groups is 1. The Labute approximate surface area is 111 Å². The molecule has 2 heterocycles. The van der Waals surface area contributed by atoms with E-state index in [-0.39, 0.29) is 17.2 Å². The van der Waals surface area contributed by atoms with Crippen LogP contribution in [0.4, 0.5) is 5.69 Å². The van der Waals surface area contributed by atoms with Gasteiger partial charge in [0.25, 0.3) is 5.91 Å². The van der Waals surface area contributed by atoms with Gasteiger partial charge in [-0.05, 0) is 31.9 Å². The minimum atomic E-state index is -0.333. The predicted octanol–water partition coefficient (Wildman–Crippen LogP) is 1.93. The van der Waals surface area contributed by atoms with Crippen molar-refractivity contribution in [2.24, 2.45) is 5.16 Å². The lowest BCUT2D eigenvalue weighted by atomic mass is 10.0. The molecule has 19 heavy (non-hydrogen) atoms. The van der Waals surface area contributed by atoms with Crippen LogP contribution < -0.4 is 5.32 Å². The molecule has 100 valence electrons. The molecule has 0 atom stereocenters. The predicted molar refractivity (Wildman–Crippen MR) is 72.4 cm³/mol. The van der Waals surface area contributed by atoms with Gasteiger partial charge in [0, 0.05) is 24.2 Å². The molecule has 1 aromatic rings. The van der Waals surface area contributed by atoms with Gasteiger partial charge in [0.05, 0.1) is 5.69 Å². The fourth-order valence-electron chi connectivity index (χ4n) is 2.68. The molecule has 0 saturated heterocycles. The maximum absolute atomic E-state index is 11.7. The summed E-state index contributed by atoms with van der Waals surface area (Å²) >= 11 is 0. The van der Waals surface area contributed by atoms with Crippen LogP contribution in [0.1, 0.15) is 37.5 Å². The average Bonchev–Trinajstić information content (AvgIpc) is 2.87. The second-order valence-corrected chi connectivity index (χ2v) is 6.06. The Hall–Kier alpha value is -1.88. The van der Waals surface area contributed by atoms with Crippen LogP contribution >= 0.6 is 0 Å². The highest BCUT2D eigenvalue weighted by Crippen LogP contribution is 2.37. The third-order valence-corrected chi connectivity index (χ3v) is 3.88. The zero-order chi connectivity index (χ0) is 13.8. The summed E-state index contributed by atoms with van der Waals surface area (Å²) in [6, 6.07) is 3.87. The molecule has 0 spiro atoms. The molecule has 0 unspecified atom stereocenters. The standard InChI is InChI=1S/C14H17N3O2/c1-14(2,3)17-6-8-4-5-9-11(10(8)7-17)15-13(18)12(9)16-19/h4-5,19H,6-7H2,1-3H3,(H,15,16,18). The first-order valence-electron chi connectivity index (χ1n) is 6.35. The Morgan fingerprint density at radius 1 is 1.32 bits per heavy atom. The second-order valence-electron chi connectivity index (χ2n) is 6.06. The fraction of sp³-hybridized carbons (Fsp3) is 0.429. The van der Waals surface area contributed by atoms with Gasteiger partial charge in [-0.2, -0.15) is 0 Å². The highest BCUT2D eigenvalue weighted by atomic mass is 16.4. The Bertz CT molecular complexity index is 599. The van der Waals surface area contributed by atoms with Gasteiger partial charge in [-0.25, -0.2) is 0 Å². The van der Waals surface area contributed by atoms with Crippen LogP contribution in [0.25, 0.3) is 0 Å².